The van der Waals surface area contributed by atoms with Crippen LogP contribution in [0.3, 0.4) is 0 Å². The van der Waals surface area contributed by atoms with E-state index in [1.54, 1.807) is 29.4 Å². The molecule has 1 fully saturated rings. The van der Waals surface area contributed by atoms with E-state index >= 15 is 0 Å². The predicted octanol–water partition coefficient (Wildman–Crippen LogP) is 2.14. The summed E-state index contributed by atoms with van der Waals surface area (Å²) in [5, 5.41) is 9.57. The van der Waals surface area contributed by atoms with Crippen molar-refractivity contribution in [2.45, 2.75) is 6.42 Å². The van der Waals surface area contributed by atoms with Gasteiger partial charge in [-0.3, -0.25) is 19.5 Å². The van der Waals surface area contributed by atoms with E-state index in [2.05, 4.69) is 9.88 Å². The number of carboxylic acid groups (broad SMARTS) is 1. The van der Waals surface area contributed by atoms with Crippen LogP contribution in [0.5, 0.6) is 0 Å². The Morgan fingerprint density at radius 2 is 1.82 bits per heavy atom. The van der Waals surface area contributed by atoms with Gasteiger partial charge < -0.3 is 14.9 Å². The number of fused-ring (bicyclic) bond motifs is 1. The molecule has 1 aromatic heterocycles. The Morgan fingerprint density at radius 1 is 1.07 bits per heavy atom. The largest absolute Gasteiger partial charge is 0.480 e. The third kappa shape index (κ3) is 3.81. The number of hydrogen-bond acceptors (Lipinski definition) is 5. The zero-order valence-corrected chi connectivity index (χ0v) is 16.1. The Labute approximate surface area is 168 Å². The second-order valence-corrected chi connectivity index (χ2v) is 7.50. The van der Waals surface area contributed by atoms with E-state index in [0.29, 0.717) is 30.2 Å². The molecule has 7 nitrogen and oxygen atoms in total. The van der Waals surface area contributed by atoms with Crippen LogP contribution in [-0.4, -0.2) is 66.1 Å². The summed E-state index contributed by atoms with van der Waals surface area (Å²) < 4.78 is 0. The van der Waals surface area contributed by atoms with Crippen molar-refractivity contribution in [3.63, 3.8) is 0 Å². The van der Waals surface area contributed by atoms with Crippen LogP contribution >= 0.6 is 11.6 Å². The van der Waals surface area contributed by atoms with Crippen molar-refractivity contribution < 1.29 is 14.7 Å². The minimum atomic E-state index is -0.803. The molecule has 1 amide bonds. The van der Waals surface area contributed by atoms with Crippen molar-refractivity contribution in [2.24, 2.45) is 0 Å². The second kappa shape index (κ2) is 7.77. The third-order valence-electron chi connectivity index (χ3n) is 5.26. The second-order valence-electron chi connectivity index (χ2n) is 7.07. The predicted molar refractivity (Wildman–Crippen MR) is 107 cm³/mol. The highest BCUT2D eigenvalue weighted by Crippen LogP contribution is 2.28. The van der Waals surface area contributed by atoms with Crippen molar-refractivity contribution in [3.05, 3.63) is 52.8 Å². The Balaban J connectivity index is 1.50. The molecule has 1 saturated heterocycles. The Kier molecular flexibility index (Phi) is 5.19. The Bertz CT molecular complexity index is 912. The molecule has 0 unspecified atom stereocenters. The SMILES string of the molecule is O=C(O)CN1CCN(c2cncc(N3CCc4cc(Cl)ccc4C3=O)c2)CC1. The number of benzene rings is 1. The smallest absolute Gasteiger partial charge is 0.317 e. The lowest BCUT2D eigenvalue weighted by atomic mass is 9.99. The van der Waals surface area contributed by atoms with Gasteiger partial charge in [-0.1, -0.05) is 11.6 Å². The van der Waals surface area contributed by atoms with Gasteiger partial charge in [0, 0.05) is 43.3 Å². The number of halogens is 1. The van der Waals surface area contributed by atoms with E-state index in [1.165, 1.54) is 0 Å². The van der Waals surface area contributed by atoms with Gasteiger partial charge in [0.1, 0.15) is 0 Å². The van der Waals surface area contributed by atoms with Crippen LogP contribution in [0, 0.1) is 0 Å². The molecule has 2 aliphatic heterocycles. The molecule has 2 aliphatic rings. The summed E-state index contributed by atoms with van der Waals surface area (Å²) in [6.45, 7) is 3.49. The van der Waals surface area contributed by atoms with Gasteiger partial charge in [-0.05, 0) is 36.2 Å². The first-order valence-electron chi connectivity index (χ1n) is 9.26. The van der Waals surface area contributed by atoms with Gasteiger partial charge in [0.05, 0.1) is 30.3 Å². The molecule has 0 radical (unpaired) electrons. The fourth-order valence-electron chi connectivity index (χ4n) is 3.80. The monoisotopic (exact) mass is 400 g/mol. The van der Waals surface area contributed by atoms with Gasteiger partial charge in [-0.25, -0.2) is 0 Å². The summed E-state index contributed by atoms with van der Waals surface area (Å²) in [4.78, 5) is 34.0. The third-order valence-corrected chi connectivity index (χ3v) is 5.50. The van der Waals surface area contributed by atoms with Crippen LogP contribution < -0.4 is 9.80 Å². The average molecular weight is 401 g/mol. The van der Waals surface area contributed by atoms with Crippen LogP contribution in [0.1, 0.15) is 15.9 Å². The van der Waals surface area contributed by atoms with E-state index in [4.69, 9.17) is 16.7 Å². The molecule has 1 aromatic carbocycles. The van der Waals surface area contributed by atoms with Crippen molar-refractivity contribution >= 4 is 34.9 Å². The van der Waals surface area contributed by atoms with Crippen molar-refractivity contribution in [3.8, 4) is 0 Å². The highest BCUT2D eigenvalue weighted by Gasteiger charge is 2.27. The molecule has 0 aliphatic carbocycles. The molecule has 2 aromatic rings. The maximum absolute atomic E-state index is 12.9. The number of piperazine rings is 1. The minimum Gasteiger partial charge on any atom is -0.480 e. The maximum atomic E-state index is 12.9. The zero-order chi connectivity index (χ0) is 19.7. The molecule has 28 heavy (non-hydrogen) atoms. The molecule has 4 rings (SSSR count). The highest BCUT2D eigenvalue weighted by atomic mass is 35.5. The lowest BCUT2D eigenvalue weighted by Crippen LogP contribution is -2.48. The van der Waals surface area contributed by atoms with Crippen LogP contribution in [0.25, 0.3) is 0 Å². The zero-order valence-electron chi connectivity index (χ0n) is 15.3. The highest BCUT2D eigenvalue weighted by molar-refractivity contribution is 6.30. The fourth-order valence-corrected chi connectivity index (χ4v) is 3.99. The Morgan fingerprint density at radius 3 is 2.57 bits per heavy atom. The maximum Gasteiger partial charge on any atom is 0.317 e. The molecule has 0 bridgehead atoms. The molecule has 8 heteroatoms. The normalized spacial score (nSPS) is 17.5. The number of carbonyl (C=O) groups excluding carboxylic acids is 1. The number of rotatable bonds is 4. The van der Waals surface area contributed by atoms with Crippen LogP contribution in [-0.2, 0) is 11.2 Å². The topological polar surface area (TPSA) is 77.0 Å². The fraction of sp³-hybridized carbons (Fsp3) is 0.350. The van der Waals surface area contributed by atoms with Gasteiger partial charge in [0.2, 0.25) is 0 Å². The van der Waals surface area contributed by atoms with Crippen LogP contribution in [0.2, 0.25) is 5.02 Å². The number of hydrogen-bond donors (Lipinski definition) is 1. The summed E-state index contributed by atoms with van der Waals surface area (Å²) in [6.07, 6.45) is 4.25. The number of nitrogens with zero attached hydrogens (tertiary/aromatic N) is 4. The number of anilines is 2. The number of aromatic nitrogens is 1. The summed E-state index contributed by atoms with van der Waals surface area (Å²) in [5.41, 5.74) is 3.38. The summed E-state index contributed by atoms with van der Waals surface area (Å²) in [5.74, 6) is -0.842. The van der Waals surface area contributed by atoms with Crippen molar-refractivity contribution in [1.82, 2.24) is 9.88 Å². The quantitative estimate of drug-likeness (QED) is 0.847. The molecule has 146 valence electrons. The van der Waals surface area contributed by atoms with Gasteiger partial charge >= 0.3 is 5.97 Å². The van der Waals surface area contributed by atoms with Gasteiger partial charge in [-0.15, -0.1) is 0 Å². The molecular formula is C20H21ClN4O3. The van der Waals surface area contributed by atoms with E-state index in [9.17, 15) is 9.59 Å². The first kappa shape index (κ1) is 18.7. The minimum absolute atomic E-state index is 0.0388. The number of aliphatic carboxylic acids is 1. The molecule has 0 saturated carbocycles. The molecule has 0 atom stereocenters. The van der Waals surface area contributed by atoms with E-state index in [1.807, 2.05) is 17.0 Å². The average Bonchev–Trinajstić information content (AvgIpc) is 2.68. The standard InChI is InChI=1S/C20H21ClN4O3/c21-15-1-2-18-14(9-15)3-4-25(20(18)28)17-10-16(11-22-12-17)24-7-5-23(6-8-24)13-19(26)27/h1-2,9-12H,3-8,13H2,(H,26,27). The van der Waals surface area contributed by atoms with Gasteiger partial charge in [0.15, 0.2) is 0 Å². The van der Waals surface area contributed by atoms with Crippen molar-refractivity contribution in [1.29, 1.82) is 0 Å². The van der Waals surface area contributed by atoms with Crippen molar-refractivity contribution in [2.75, 3.05) is 49.1 Å². The number of pyridine rings is 1. The van der Waals surface area contributed by atoms with Gasteiger partial charge in [0.25, 0.3) is 5.91 Å². The summed E-state index contributed by atoms with van der Waals surface area (Å²) >= 11 is 6.05. The summed E-state index contributed by atoms with van der Waals surface area (Å²) in [7, 11) is 0. The van der Waals surface area contributed by atoms with E-state index in [-0.39, 0.29) is 12.5 Å². The number of amides is 1. The van der Waals surface area contributed by atoms with Crippen LogP contribution in [0.4, 0.5) is 11.4 Å². The first-order chi connectivity index (χ1) is 13.5. The molecular weight excluding hydrogens is 380 g/mol. The lowest BCUT2D eigenvalue weighted by molar-refractivity contribution is -0.138. The van der Waals surface area contributed by atoms with E-state index < -0.39 is 5.97 Å². The Hall–Kier alpha value is -2.64. The van der Waals surface area contributed by atoms with Crippen LogP contribution in [0.15, 0.2) is 36.7 Å². The molecule has 1 N–H and O–H groups in total. The summed E-state index contributed by atoms with van der Waals surface area (Å²) in [6, 6.07) is 7.37. The number of carbonyl (C=O) groups is 2. The molecule has 0 spiro atoms. The molecule has 3 heterocycles. The van der Waals surface area contributed by atoms with E-state index in [0.717, 1.165) is 36.4 Å². The lowest BCUT2D eigenvalue weighted by Gasteiger charge is -2.35. The first-order valence-corrected chi connectivity index (χ1v) is 9.63. The number of carboxylic acids is 1. The van der Waals surface area contributed by atoms with Gasteiger partial charge in [-0.2, -0.15) is 0 Å².